The summed E-state index contributed by atoms with van der Waals surface area (Å²) < 4.78 is 5.15. The standard InChI is InChI=1S/C25H28N2O4/c1-15(2)18-11-8-12-19(16(3)4)24(18)26-22(28)14-31-23(29)13-27-17(5)20-9-6-7-10-21(20)25(27)30/h6-12,15-16H,5,13-14H2,1-4H3,(H,26,28). The minimum atomic E-state index is -0.668. The molecular weight excluding hydrogens is 392 g/mol. The molecule has 0 unspecified atom stereocenters. The van der Waals surface area contributed by atoms with Gasteiger partial charge in [0.2, 0.25) is 0 Å². The normalized spacial score (nSPS) is 13.0. The summed E-state index contributed by atoms with van der Waals surface area (Å²) in [5.74, 6) is -0.929. The average molecular weight is 421 g/mol. The lowest BCUT2D eigenvalue weighted by Crippen LogP contribution is -2.32. The topological polar surface area (TPSA) is 75.7 Å². The van der Waals surface area contributed by atoms with Gasteiger partial charge in [0.05, 0.1) is 0 Å². The second-order valence-electron chi connectivity index (χ2n) is 8.21. The molecule has 31 heavy (non-hydrogen) atoms. The highest BCUT2D eigenvalue weighted by molar-refractivity contribution is 6.10. The Labute approximate surface area is 182 Å². The summed E-state index contributed by atoms with van der Waals surface area (Å²) >= 11 is 0. The van der Waals surface area contributed by atoms with E-state index < -0.39 is 18.5 Å². The summed E-state index contributed by atoms with van der Waals surface area (Å²) in [4.78, 5) is 38.6. The zero-order valence-corrected chi connectivity index (χ0v) is 18.4. The highest BCUT2D eigenvalue weighted by Gasteiger charge is 2.32. The van der Waals surface area contributed by atoms with Gasteiger partial charge in [0.15, 0.2) is 6.61 Å². The molecule has 1 aliphatic rings. The van der Waals surface area contributed by atoms with Gasteiger partial charge in [-0.15, -0.1) is 0 Å². The van der Waals surface area contributed by atoms with E-state index in [9.17, 15) is 14.4 Å². The molecule has 162 valence electrons. The summed E-state index contributed by atoms with van der Waals surface area (Å²) in [6, 6.07) is 13.0. The van der Waals surface area contributed by atoms with Crippen LogP contribution in [0.5, 0.6) is 0 Å². The summed E-state index contributed by atoms with van der Waals surface area (Å²) in [5, 5.41) is 2.91. The number of fused-ring (bicyclic) bond motifs is 1. The van der Waals surface area contributed by atoms with Crippen molar-refractivity contribution in [1.29, 1.82) is 0 Å². The van der Waals surface area contributed by atoms with Crippen molar-refractivity contribution in [3.05, 3.63) is 71.3 Å². The molecule has 6 heteroatoms. The number of anilines is 1. The van der Waals surface area contributed by atoms with Crippen molar-refractivity contribution in [3.63, 3.8) is 0 Å². The van der Waals surface area contributed by atoms with Gasteiger partial charge in [0.25, 0.3) is 11.8 Å². The van der Waals surface area contributed by atoms with Gasteiger partial charge in [-0.1, -0.05) is 70.7 Å². The highest BCUT2D eigenvalue weighted by atomic mass is 16.5. The fraction of sp³-hybridized carbons (Fsp3) is 0.320. The van der Waals surface area contributed by atoms with Gasteiger partial charge >= 0.3 is 5.97 Å². The maximum absolute atomic E-state index is 12.5. The molecule has 0 saturated heterocycles. The first kappa shape index (κ1) is 22.3. The van der Waals surface area contributed by atoms with E-state index in [0.717, 1.165) is 16.8 Å². The van der Waals surface area contributed by atoms with Crippen LogP contribution in [0.25, 0.3) is 5.70 Å². The van der Waals surface area contributed by atoms with Crippen LogP contribution < -0.4 is 5.32 Å². The molecule has 2 aromatic carbocycles. The molecule has 0 saturated carbocycles. The smallest absolute Gasteiger partial charge is 0.326 e. The van der Waals surface area contributed by atoms with Crippen LogP contribution in [0.1, 0.15) is 66.6 Å². The van der Waals surface area contributed by atoms with Crippen molar-refractivity contribution in [2.75, 3.05) is 18.5 Å². The summed E-state index contributed by atoms with van der Waals surface area (Å²) in [5.41, 5.74) is 4.49. The van der Waals surface area contributed by atoms with Gasteiger partial charge in [-0.2, -0.15) is 0 Å². The Bertz CT molecular complexity index is 978. The number of rotatable bonds is 7. The molecule has 0 bridgehead atoms. The molecule has 3 rings (SSSR count). The molecule has 0 radical (unpaired) electrons. The van der Waals surface area contributed by atoms with Crippen LogP contribution in [0, 0.1) is 0 Å². The number of esters is 1. The van der Waals surface area contributed by atoms with E-state index in [1.807, 2.05) is 24.3 Å². The maximum Gasteiger partial charge on any atom is 0.326 e. The largest absolute Gasteiger partial charge is 0.454 e. The molecule has 1 aliphatic heterocycles. The summed E-state index contributed by atoms with van der Waals surface area (Å²) in [6.07, 6.45) is 0. The minimum Gasteiger partial charge on any atom is -0.454 e. The van der Waals surface area contributed by atoms with Gasteiger partial charge in [-0.25, -0.2) is 0 Å². The van der Waals surface area contributed by atoms with Gasteiger partial charge in [0.1, 0.15) is 6.54 Å². The minimum absolute atomic E-state index is 0.227. The first-order valence-corrected chi connectivity index (χ1v) is 10.4. The second kappa shape index (κ2) is 9.16. The van der Waals surface area contributed by atoms with E-state index in [1.165, 1.54) is 4.90 Å². The number of hydrogen-bond donors (Lipinski definition) is 1. The Morgan fingerprint density at radius 1 is 0.968 bits per heavy atom. The Morgan fingerprint density at radius 2 is 1.55 bits per heavy atom. The summed E-state index contributed by atoms with van der Waals surface area (Å²) in [6.45, 7) is 11.4. The van der Waals surface area contributed by atoms with Crippen LogP contribution in [0.4, 0.5) is 5.69 Å². The fourth-order valence-electron chi connectivity index (χ4n) is 3.69. The predicted octanol–water partition coefficient (Wildman–Crippen LogP) is 4.54. The predicted molar refractivity (Wildman–Crippen MR) is 121 cm³/mol. The molecule has 0 aliphatic carbocycles. The number of amides is 2. The summed E-state index contributed by atoms with van der Waals surface area (Å²) in [7, 11) is 0. The third-order valence-electron chi connectivity index (χ3n) is 5.33. The molecule has 2 aromatic rings. The van der Waals surface area contributed by atoms with Crippen LogP contribution in [0.15, 0.2) is 49.0 Å². The third kappa shape index (κ3) is 4.68. The first-order valence-electron chi connectivity index (χ1n) is 10.4. The van der Waals surface area contributed by atoms with E-state index in [-0.39, 0.29) is 24.3 Å². The van der Waals surface area contributed by atoms with Crippen LogP contribution in [0.2, 0.25) is 0 Å². The zero-order chi connectivity index (χ0) is 22.7. The van der Waals surface area contributed by atoms with Crippen molar-refractivity contribution in [1.82, 2.24) is 4.90 Å². The zero-order valence-electron chi connectivity index (χ0n) is 18.4. The average Bonchev–Trinajstić information content (AvgIpc) is 2.97. The number of hydrogen-bond acceptors (Lipinski definition) is 4. The van der Waals surface area contributed by atoms with Crippen LogP contribution in [0.3, 0.4) is 0 Å². The number of nitrogens with one attached hydrogen (secondary N) is 1. The first-order chi connectivity index (χ1) is 14.7. The number of nitrogens with zero attached hydrogens (tertiary/aromatic N) is 1. The maximum atomic E-state index is 12.5. The number of benzene rings is 2. The van der Waals surface area contributed by atoms with Crippen LogP contribution >= 0.6 is 0 Å². The van der Waals surface area contributed by atoms with Crippen molar-refractivity contribution >= 4 is 29.2 Å². The molecule has 1 N–H and O–H groups in total. The van der Waals surface area contributed by atoms with E-state index in [4.69, 9.17) is 4.74 Å². The lowest BCUT2D eigenvalue weighted by Gasteiger charge is -2.20. The fourth-order valence-corrected chi connectivity index (χ4v) is 3.69. The van der Waals surface area contributed by atoms with Crippen molar-refractivity contribution in [2.24, 2.45) is 0 Å². The monoisotopic (exact) mass is 420 g/mol. The molecule has 0 spiro atoms. The van der Waals surface area contributed by atoms with Crippen molar-refractivity contribution in [2.45, 2.75) is 39.5 Å². The SMILES string of the molecule is C=C1c2ccccc2C(=O)N1CC(=O)OCC(=O)Nc1c(C(C)C)cccc1C(C)C. The molecule has 1 heterocycles. The number of carbonyl (C=O) groups is 3. The van der Waals surface area contributed by atoms with E-state index in [1.54, 1.807) is 18.2 Å². The van der Waals surface area contributed by atoms with Gasteiger partial charge in [-0.05, 0) is 29.0 Å². The highest BCUT2D eigenvalue weighted by Crippen LogP contribution is 2.33. The number of ether oxygens (including phenoxy) is 1. The molecular formula is C25H28N2O4. The van der Waals surface area contributed by atoms with Crippen molar-refractivity contribution < 1.29 is 19.1 Å². The van der Waals surface area contributed by atoms with Crippen molar-refractivity contribution in [3.8, 4) is 0 Å². The van der Waals surface area contributed by atoms with Crippen LogP contribution in [-0.2, 0) is 14.3 Å². The second-order valence-corrected chi connectivity index (χ2v) is 8.21. The van der Waals surface area contributed by atoms with E-state index >= 15 is 0 Å². The Hall–Kier alpha value is -3.41. The quantitative estimate of drug-likeness (QED) is 0.667. The molecule has 0 fully saturated rings. The van der Waals surface area contributed by atoms with Gasteiger partial charge in [0, 0.05) is 22.5 Å². The van der Waals surface area contributed by atoms with E-state index in [0.29, 0.717) is 16.8 Å². The molecule has 0 atom stereocenters. The number of carbonyl (C=O) groups excluding carboxylic acids is 3. The molecule has 2 amide bonds. The van der Waals surface area contributed by atoms with Crippen LogP contribution in [-0.4, -0.2) is 35.8 Å². The number of para-hydroxylation sites is 1. The van der Waals surface area contributed by atoms with Gasteiger partial charge in [-0.3, -0.25) is 19.3 Å². The molecule has 0 aromatic heterocycles. The lowest BCUT2D eigenvalue weighted by atomic mass is 9.92. The van der Waals surface area contributed by atoms with E-state index in [2.05, 4.69) is 39.6 Å². The Morgan fingerprint density at radius 3 is 2.10 bits per heavy atom. The lowest BCUT2D eigenvalue weighted by molar-refractivity contribution is -0.147. The Balaban J connectivity index is 1.62. The van der Waals surface area contributed by atoms with Gasteiger partial charge < -0.3 is 10.1 Å². The Kier molecular flexibility index (Phi) is 6.59. The third-order valence-corrected chi connectivity index (χ3v) is 5.33. The molecule has 6 nitrogen and oxygen atoms in total.